The molecule has 6 heteroatoms. The van der Waals surface area contributed by atoms with Gasteiger partial charge in [0, 0.05) is 5.56 Å². The highest BCUT2D eigenvalue weighted by molar-refractivity contribution is 7.19. The van der Waals surface area contributed by atoms with Gasteiger partial charge >= 0.3 is 0 Å². The van der Waals surface area contributed by atoms with Crippen LogP contribution in [0.3, 0.4) is 0 Å². The van der Waals surface area contributed by atoms with E-state index in [-0.39, 0.29) is 11.3 Å². The van der Waals surface area contributed by atoms with Crippen molar-refractivity contribution in [1.29, 1.82) is 0 Å². The molecule has 1 amide bonds. The molecule has 3 heterocycles. The van der Waals surface area contributed by atoms with Crippen LogP contribution in [0.25, 0.3) is 22.1 Å². The van der Waals surface area contributed by atoms with E-state index < -0.39 is 0 Å². The molecule has 0 fully saturated rings. The fraction of sp³-hybridized carbons (Fsp3) is 0.182. The fourth-order valence-electron chi connectivity index (χ4n) is 2.82. The lowest BCUT2D eigenvalue weighted by molar-refractivity contribution is 0.102. The molecular formula is C22H20N2O3S. The first-order valence-electron chi connectivity index (χ1n) is 8.92. The molecule has 0 spiro atoms. The molecule has 1 aromatic carbocycles. The maximum absolute atomic E-state index is 12.7. The number of carbonyl (C=O) groups excluding carboxylic acids is 1. The topological polar surface area (TPSA) is 68.3 Å². The summed E-state index contributed by atoms with van der Waals surface area (Å²) in [5, 5.41) is 3.37. The summed E-state index contributed by atoms with van der Waals surface area (Å²) in [5.74, 6) is 1.10. The minimum Gasteiger partial charge on any atom is -0.463 e. The Morgan fingerprint density at radius 3 is 2.18 bits per heavy atom. The Balaban J connectivity index is 1.61. The number of nitrogens with zero attached hydrogens (tertiary/aromatic N) is 1. The molecule has 1 N–H and O–H groups in total. The summed E-state index contributed by atoms with van der Waals surface area (Å²) in [4.78, 5) is 18.0. The number of hydrogen-bond donors (Lipinski definition) is 1. The molecule has 0 aliphatic carbocycles. The van der Waals surface area contributed by atoms with Gasteiger partial charge in [-0.25, -0.2) is 4.98 Å². The van der Waals surface area contributed by atoms with Gasteiger partial charge in [0.05, 0.1) is 12.5 Å². The third-order valence-corrected chi connectivity index (χ3v) is 5.35. The van der Waals surface area contributed by atoms with Crippen LogP contribution in [0.2, 0.25) is 0 Å². The van der Waals surface area contributed by atoms with Crippen LogP contribution in [-0.2, 0) is 5.41 Å². The SMILES string of the molecule is CC(C)(C)c1ccc(C(=O)Nc2nc(-c3ccco3)c(-c3ccco3)s2)cc1. The van der Waals surface area contributed by atoms with Gasteiger partial charge in [-0.2, -0.15) is 0 Å². The molecule has 0 saturated heterocycles. The van der Waals surface area contributed by atoms with Gasteiger partial charge in [-0.1, -0.05) is 44.2 Å². The van der Waals surface area contributed by atoms with Crippen LogP contribution >= 0.6 is 11.3 Å². The van der Waals surface area contributed by atoms with E-state index >= 15 is 0 Å². The molecule has 4 rings (SSSR count). The zero-order chi connectivity index (χ0) is 19.7. The van der Waals surface area contributed by atoms with Crippen molar-refractivity contribution in [2.24, 2.45) is 0 Å². The lowest BCUT2D eigenvalue weighted by atomic mass is 9.87. The highest BCUT2D eigenvalue weighted by atomic mass is 32.1. The standard InChI is InChI=1S/C22H20N2O3S/c1-22(2,3)15-10-8-14(9-11-15)20(25)24-21-23-18(16-6-4-12-26-16)19(28-21)17-7-5-13-27-17/h4-13H,1-3H3,(H,23,24,25). The van der Waals surface area contributed by atoms with E-state index in [1.165, 1.54) is 16.9 Å². The summed E-state index contributed by atoms with van der Waals surface area (Å²) in [6, 6.07) is 15.0. The van der Waals surface area contributed by atoms with Crippen LogP contribution in [0.15, 0.2) is 69.9 Å². The fourth-order valence-corrected chi connectivity index (χ4v) is 3.75. The minimum atomic E-state index is -0.203. The van der Waals surface area contributed by atoms with E-state index in [4.69, 9.17) is 8.83 Å². The molecule has 0 unspecified atom stereocenters. The minimum absolute atomic E-state index is 0.0419. The Hall–Kier alpha value is -3.12. The normalized spacial score (nSPS) is 11.5. The Bertz CT molecular complexity index is 1020. The van der Waals surface area contributed by atoms with E-state index in [1.54, 1.807) is 18.6 Å². The number of carbonyl (C=O) groups is 1. The van der Waals surface area contributed by atoms with E-state index in [0.717, 1.165) is 4.88 Å². The Labute approximate surface area is 167 Å². The number of rotatable bonds is 4. The third kappa shape index (κ3) is 3.64. The molecule has 3 aromatic heterocycles. The molecule has 0 aliphatic heterocycles. The quantitative estimate of drug-likeness (QED) is 0.448. The lowest BCUT2D eigenvalue weighted by Gasteiger charge is -2.18. The van der Waals surface area contributed by atoms with Crippen LogP contribution in [-0.4, -0.2) is 10.9 Å². The zero-order valence-electron chi connectivity index (χ0n) is 15.9. The van der Waals surface area contributed by atoms with Crippen molar-refractivity contribution < 1.29 is 13.6 Å². The second kappa shape index (κ2) is 7.13. The van der Waals surface area contributed by atoms with Gasteiger partial charge < -0.3 is 8.83 Å². The molecule has 4 aromatic rings. The molecule has 28 heavy (non-hydrogen) atoms. The van der Waals surface area contributed by atoms with Crippen molar-refractivity contribution in [3.8, 4) is 22.1 Å². The van der Waals surface area contributed by atoms with Gasteiger partial charge in [-0.15, -0.1) is 0 Å². The first-order chi connectivity index (χ1) is 13.4. The number of furan rings is 2. The second-order valence-corrected chi connectivity index (χ2v) is 8.43. The van der Waals surface area contributed by atoms with Gasteiger partial charge in [0.25, 0.3) is 5.91 Å². The predicted molar refractivity (Wildman–Crippen MR) is 111 cm³/mol. The first kappa shape index (κ1) is 18.3. The van der Waals surface area contributed by atoms with Crippen molar-refractivity contribution in [3.05, 3.63) is 72.2 Å². The first-order valence-corrected chi connectivity index (χ1v) is 9.74. The van der Waals surface area contributed by atoms with Crippen molar-refractivity contribution in [1.82, 2.24) is 4.98 Å². The number of nitrogens with one attached hydrogen (secondary N) is 1. The number of thiazole rings is 1. The van der Waals surface area contributed by atoms with Gasteiger partial charge in [0.1, 0.15) is 16.3 Å². The average molecular weight is 392 g/mol. The highest BCUT2D eigenvalue weighted by Crippen LogP contribution is 2.39. The molecule has 0 bridgehead atoms. The van der Waals surface area contributed by atoms with E-state index in [0.29, 0.717) is 27.9 Å². The van der Waals surface area contributed by atoms with E-state index in [2.05, 4.69) is 31.1 Å². The van der Waals surface area contributed by atoms with Crippen LogP contribution < -0.4 is 5.32 Å². The molecule has 0 saturated carbocycles. The van der Waals surface area contributed by atoms with Crippen molar-refractivity contribution in [3.63, 3.8) is 0 Å². The predicted octanol–water partition coefficient (Wildman–Crippen LogP) is 6.21. The summed E-state index contributed by atoms with van der Waals surface area (Å²) < 4.78 is 11.0. The molecule has 142 valence electrons. The highest BCUT2D eigenvalue weighted by Gasteiger charge is 2.20. The number of benzene rings is 1. The van der Waals surface area contributed by atoms with Crippen molar-refractivity contribution >= 4 is 22.4 Å². The number of anilines is 1. The van der Waals surface area contributed by atoms with Gasteiger partial charge in [0.2, 0.25) is 0 Å². The van der Waals surface area contributed by atoms with Crippen molar-refractivity contribution in [2.45, 2.75) is 26.2 Å². The molecule has 0 atom stereocenters. The number of amides is 1. The lowest BCUT2D eigenvalue weighted by Crippen LogP contribution is -2.14. The zero-order valence-corrected chi connectivity index (χ0v) is 16.7. The number of aromatic nitrogens is 1. The summed E-state index contributed by atoms with van der Waals surface area (Å²) in [7, 11) is 0. The van der Waals surface area contributed by atoms with Crippen molar-refractivity contribution in [2.75, 3.05) is 5.32 Å². The maximum Gasteiger partial charge on any atom is 0.257 e. The average Bonchev–Trinajstić information content (AvgIpc) is 3.41. The summed E-state index contributed by atoms with van der Waals surface area (Å²) in [5.41, 5.74) is 2.45. The van der Waals surface area contributed by atoms with Crippen LogP contribution in [0, 0.1) is 0 Å². The van der Waals surface area contributed by atoms with E-state index in [9.17, 15) is 4.79 Å². The van der Waals surface area contributed by atoms with Crippen LogP contribution in [0.1, 0.15) is 36.7 Å². The number of hydrogen-bond acceptors (Lipinski definition) is 5. The van der Waals surface area contributed by atoms with Gasteiger partial charge in [-0.05, 0) is 47.4 Å². The maximum atomic E-state index is 12.7. The molecular weight excluding hydrogens is 372 g/mol. The molecule has 5 nitrogen and oxygen atoms in total. The van der Waals surface area contributed by atoms with Gasteiger partial charge in [0.15, 0.2) is 10.9 Å². The van der Waals surface area contributed by atoms with Crippen LogP contribution in [0.4, 0.5) is 5.13 Å². The van der Waals surface area contributed by atoms with Gasteiger partial charge in [-0.3, -0.25) is 10.1 Å². The Kier molecular flexibility index (Phi) is 4.65. The summed E-state index contributed by atoms with van der Waals surface area (Å²) in [6.45, 7) is 6.43. The summed E-state index contributed by atoms with van der Waals surface area (Å²) >= 11 is 1.35. The van der Waals surface area contributed by atoms with E-state index in [1.807, 2.05) is 42.5 Å². The second-order valence-electron chi connectivity index (χ2n) is 7.43. The smallest absolute Gasteiger partial charge is 0.257 e. The summed E-state index contributed by atoms with van der Waals surface area (Å²) in [6.07, 6.45) is 3.20. The Morgan fingerprint density at radius 1 is 0.964 bits per heavy atom. The van der Waals surface area contributed by atoms with Crippen LogP contribution in [0.5, 0.6) is 0 Å². The molecule has 0 aliphatic rings. The third-order valence-electron chi connectivity index (χ3n) is 4.36. The Morgan fingerprint density at radius 2 is 1.61 bits per heavy atom. The monoisotopic (exact) mass is 392 g/mol. The largest absolute Gasteiger partial charge is 0.463 e. The molecule has 0 radical (unpaired) electrons.